The molecule has 10 heteroatoms. The van der Waals surface area contributed by atoms with Gasteiger partial charge in [-0.25, -0.2) is 0 Å². The van der Waals surface area contributed by atoms with Crippen LogP contribution in [-0.4, -0.2) is 47.2 Å². The molecule has 0 aliphatic heterocycles. The highest BCUT2D eigenvalue weighted by atomic mass is 127. The number of hydrogen-bond donors (Lipinski definition) is 2. The number of halogens is 4. The Kier molecular flexibility index (Phi) is 11.3. The monoisotopic (exact) mass is 547 g/mol. The Bertz CT molecular complexity index is 672. The molecule has 166 valence electrons. The van der Waals surface area contributed by atoms with Crippen molar-refractivity contribution < 1.29 is 22.1 Å². The maximum absolute atomic E-state index is 12.2. The number of ether oxygens (including phenoxy) is 1. The van der Waals surface area contributed by atoms with Gasteiger partial charge in [0.15, 0.2) is 5.96 Å². The van der Waals surface area contributed by atoms with Crippen LogP contribution in [-0.2, 0) is 17.2 Å². The molecule has 1 aromatic rings. The molecule has 3 unspecified atom stereocenters. The number of aliphatic imine (C=N–C) groups is 1. The van der Waals surface area contributed by atoms with Crippen molar-refractivity contribution in [1.82, 2.24) is 10.6 Å². The predicted molar refractivity (Wildman–Crippen MR) is 121 cm³/mol. The summed E-state index contributed by atoms with van der Waals surface area (Å²) >= 11 is 0. The normalized spacial score (nSPS) is 21.1. The highest BCUT2D eigenvalue weighted by Gasteiger charge is 2.31. The Labute approximate surface area is 189 Å². The first-order chi connectivity index (χ1) is 13.3. The number of hydrogen-bond acceptors (Lipinski definition) is 3. The van der Waals surface area contributed by atoms with Crippen molar-refractivity contribution in [2.24, 2.45) is 4.99 Å². The number of nitrogens with zero attached hydrogens (tertiary/aromatic N) is 1. The Morgan fingerprint density at radius 2 is 1.97 bits per heavy atom. The molecule has 0 bridgehead atoms. The lowest BCUT2D eigenvalue weighted by atomic mass is 9.95. The molecule has 2 rings (SSSR count). The van der Waals surface area contributed by atoms with Crippen LogP contribution in [0.1, 0.15) is 38.2 Å². The van der Waals surface area contributed by atoms with Crippen molar-refractivity contribution in [3.63, 3.8) is 0 Å². The van der Waals surface area contributed by atoms with Crippen LogP contribution < -0.4 is 15.4 Å². The fourth-order valence-corrected chi connectivity index (χ4v) is 4.67. The number of rotatable bonds is 7. The van der Waals surface area contributed by atoms with Crippen molar-refractivity contribution in [1.29, 1.82) is 0 Å². The predicted octanol–water partition coefficient (Wildman–Crippen LogP) is 3.99. The summed E-state index contributed by atoms with van der Waals surface area (Å²) in [5, 5.41) is 6.87. The topological polar surface area (TPSA) is 62.7 Å². The lowest BCUT2D eigenvalue weighted by molar-refractivity contribution is -0.274. The van der Waals surface area contributed by atoms with Gasteiger partial charge >= 0.3 is 6.36 Å². The molecule has 1 aliphatic rings. The minimum Gasteiger partial charge on any atom is -0.406 e. The van der Waals surface area contributed by atoms with Crippen LogP contribution in [0.5, 0.6) is 5.75 Å². The van der Waals surface area contributed by atoms with Gasteiger partial charge in [-0.1, -0.05) is 25.5 Å². The van der Waals surface area contributed by atoms with Crippen LogP contribution in [0.3, 0.4) is 0 Å². The summed E-state index contributed by atoms with van der Waals surface area (Å²) in [4.78, 5) is 4.23. The number of guanidine groups is 1. The smallest absolute Gasteiger partial charge is 0.406 e. The molecule has 1 fully saturated rings. The van der Waals surface area contributed by atoms with E-state index in [4.69, 9.17) is 0 Å². The largest absolute Gasteiger partial charge is 0.573 e. The molecule has 1 aliphatic carbocycles. The minimum absolute atomic E-state index is 0. The highest BCUT2D eigenvalue weighted by Crippen LogP contribution is 2.23. The fourth-order valence-electron chi connectivity index (χ4n) is 3.32. The zero-order valence-corrected chi connectivity index (χ0v) is 19.8. The van der Waals surface area contributed by atoms with E-state index in [-0.39, 0.29) is 41.0 Å². The molecule has 1 saturated carbocycles. The quantitative estimate of drug-likeness (QED) is 0.308. The van der Waals surface area contributed by atoms with Gasteiger partial charge in [-0.05, 0) is 43.4 Å². The molecule has 5 nitrogen and oxygen atoms in total. The van der Waals surface area contributed by atoms with Crippen LogP contribution in [0.15, 0.2) is 29.3 Å². The summed E-state index contributed by atoms with van der Waals surface area (Å²) in [5.41, 5.74) is 0.897. The van der Waals surface area contributed by atoms with E-state index >= 15 is 0 Å². The van der Waals surface area contributed by atoms with Crippen LogP contribution in [0.4, 0.5) is 13.2 Å². The van der Waals surface area contributed by atoms with Crippen molar-refractivity contribution in [3.8, 4) is 5.75 Å². The summed E-state index contributed by atoms with van der Waals surface area (Å²) in [6, 6.07) is 6.10. The van der Waals surface area contributed by atoms with Crippen molar-refractivity contribution in [2.75, 3.05) is 19.3 Å². The zero-order valence-electron chi connectivity index (χ0n) is 16.6. The van der Waals surface area contributed by atoms with E-state index in [1.807, 2.05) is 6.92 Å². The van der Waals surface area contributed by atoms with Gasteiger partial charge in [0, 0.05) is 41.4 Å². The van der Waals surface area contributed by atoms with E-state index in [2.05, 4.69) is 20.4 Å². The lowest BCUT2D eigenvalue weighted by Crippen LogP contribution is -2.47. The molecular weight excluding hydrogens is 518 g/mol. The van der Waals surface area contributed by atoms with Gasteiger partial charge in [0.25, 0.3) is 0 Å². The number of nitrogens with one attached hydrogen (secondary N) is 2. The molecule has 0 spiro atoms. The van der Waals surface area contributed by atoms with Gasteiger partial charge in [0.2, 0.25) is 0 Å². The SMILES string of the molecule is CCS(=O)C1CCCC(NC(=NC)NCCc2ccc(OC(F)(F)F)cc2)C1.I. The second-order valence-electron chi connectivity index (χ2n) is 6.74. The van der Waals surface area contributed by atoms with Gasteiger partial charge in [-0.2, -0.15) is 0 Å². The average Bonchev–Trinajstić information content (AvgIpc) is 2.67. The number of benzene rings is 1. The first kappa shape index (κ1) is 26.0. The van der Waals surface area contributed by atoms with Crippen LogP contribution in [0.2, 0.25) is 0 Å². The molecule has 29 heavy (non-hydrogen) atoms. The average molecular weight is 547 g/mol. The van der Waals surface area contributed by atoms with E-state index in [1.165, 1.54) is 12.1 Å². The van der Waals surface area contributed by atoms with Crippen LogP contribution in [0, 0.1) is 0 Å². The van der Waals surface area contributed by atoms with Crippen molar-refractivity contribution in [3.05, 3.63) is 29.8 Å². The Balaban J connectivity index is 0.00000420. The first-order valence-electron chi connectivity index (χ1n) is 9.49. The molecule has 0 amide bonds. The summed E-state index contributed by atoms with van der Waals surface area (Å²) in [7, 11) is 0.927. The van der Waals surface area contributed by atoms with E-state index in [9.17, 15) is 17.4 Å². The molecule has 0 saturated heterocycles. The third-order valence-corrected chi connectivity index (χ3v) is 6.45. The van der Waals surface area contributed by atoms with Crippen LogP contribution >= 0.6 is 24.0 Å². The third-order valence-electron chi connectivity index (χ3n) is 4.71. The minimum atomic E-state index is -4.68. The Hall–Kier alpha value is -1.04. The maximum atomic E-state index is 12.2. The van der Waals surface area contributed by atoms with E-state index in [0.29, 0.717) is 24.7 Å². The first-order valence-corrected chi connectivity index (χ1v) is 10.9. The van der Waals surface area contributed by atoms with E-state index in [1.54, 1.807) is 19.2 Å². The second kappa shape index (κ2) is 12.6. The summed E-state index contributed by atoms with van der Waals surface area (Å²) in [6.07, 6.45) is -0.0695. The van der Waals surface area contributed by atoms with E-state index < -0.39 is 17.2 Å². The molecule has 2 N–H and O–H groups in total. The second-order valence-corrected chi connectivity index (χ2v) is 8.75. The molecule has 3 atom stereocenters. The maximum Gasteiger partial charge on any atom is 0.573 e. The van der Waals surface area contributed by atoms with Crippen molar-refractivity contribution in [2.45, 2.75) is 56.7 Å². The van der Waals surface area contributed by atoms with E-state index in [0.717, 1.165) is 31.2 Å². The van der Waals surface area contributed by atoms with Gasteiger partial charge in [0.1, 0.15) is 5.75 Å². The van der Waals surface area contributed by atoms with Gasteiger partial charge in [-0.15, -0.1) is 37.1 Å². The van der Waals surface area contributed by atoms with Crippen molar-refractivity contribution >= 4 is 40.7 Å². The lowest BCUT2D eigenvalue weighted by Gasteiger charge is -2.30. The molecular formula is C19H29F3IN3O2S. The summed E-state index contributed by atoms with van der Waals surface area (Å²) < 4.78 is 52.5. The van der Waals surface area contributed by atoms with Gasteiger partial charge in [0.05, 0.1) is 0 Å². The highest BCUT2D eigenvalue weighted by molar-refractivity contribution is 14.0. The van der Waals surface area contributed by atoms with Gasteiger partial charge < -0.3 is 15.4 Å². The molecule has 0 radical (unpaired) electrons. The Morgan fingerprint density at radius 1 is 1.28 bits per heavy atom. The fraction of sp³-hybridized carbons (Fsp3) is 0.632. The number of alkyl halides is 3. The third kappa shape index (κ3) is 9.54. The molecule has 1 aromatic carbocycles. The van der Waals surface area contributed by atoms with Gasteiger partial charge in [-0.3, -0.25) is 9.20 Å². The molecule has 0 heterocycles. The standard InChI is InChI=1S/C19H28F3N3O2S.HI/c1-3-28(26)17-6-4-5-15(13-17)25-18(23-2)24-12-11-14-7-9-16(10-8-14)27-19(20,21)22;/h7-10,15,17H,3-6,11-13H2,1-2H3,(H2,23,24,25);1H. The summed E-state index contributed by atoms with van der Waals surface area (Å²) in [5.74, 6) is 1.15. The molecule has 0 aromatic heterocycles. The van der Waals surface area contributed by atoms with Crippen LogP contribution in [0.25, 0.3) is 0 Å². The Morgan fingerprint density at radius 3 is 2.55 bits per heavy atom. The zero-order chi connectivity index (χ0) is 20.6. The summed E-state index contributed by atoms with van der Waals surface area (Å²) in [6.45, 7) is 2.55.